The number of hydrogen-bond donors (Lipinski definition) is 2. The first-order chi connectivity index (χ1) is 12.0. The molecule has 0 unspecified atom stereocenters. The fourth-order valence-electron chi connectivity index (χ4n) is 2.59. The zero-order valence-electron chi connectivity index (χ0n) is 14.0. The van der Waals surface area contributed by atoms with E-state index in [1.807, 2.05) is 36.4 Å². The molecule has 1 amide bonds. The van der Waals surface area contributed by atoms with E-state index in [2.05, 4.69) is 10.6 Å². The number of ether oxygens (including phenoxy) is 1. The van der Waals surface area contributed by atoms with Crippen LogP contribution in [0.15, 0.2) is 57.7 Å². The molecule has 0 aliphatic rings. The highest BCUT2D eigenvalue weighted by atomic mass is 16.5. The second-order valence-corrected chi connectivity index (χ2v) is 5.57. The van der Waals surface area contributed by atoms with E-state index in [1.54, 1.807) is 13.2 Å². The molecule has 0 fully saturated rings. The second-order valence-electron chi connectivity index (χ2n) is 5.57. The van der Waals surface area contributed by atoms with Gasteiger partial charge in [0.25, 0.3) is 0 Å². The molecule has 1 heterocycles. The van der Waals surface area contributed by atoms with Crippen molar-refractivity contribution in [3.63, 3.8) is 0 Å². The molecule has 3 aromatic rings. The van der Waals surface area contributed by atoms with Crippen LogP contribution in [0.2, 0.25) is 0 Å². The summed E-state index contributed by atoms with van der Waals surface area (Å²) in [5.41, 5.74) is 2.43. The zero-order valence-corrected chi connectivity index (χ0v) is 14.0. The maximum atomic E-state index is 11.8. The smallest absolute Gasteiger partial charge is 0.336 e. The van der Waals surface area contributed by atoms with Crippen LogP contribution in [-0.4, -0.2) is 13.0 Å². The number of rotatable bonds is 5. The monoisotopic (exact) mass is 338 g/mol. The molecule has 1 aromatic heterocycles. The number of nitrogens with one attached hydrogen (secondary N) is 2. The summed E-state index contributed by atoms with van der Waals surface area (Å²) < 4.78 is 10.4. The minimum absolute atomic E-state index is 0.127. The van der Waals surface area contributed by atoms with Crippen molar-refractivity contribution in [3.05, 3.63) is 64.5 Å². The minimum atomic E-state index is -0.412. The molecule has 0 aliphatic carbocycles. The van der Waals surface area contributed by atoms with Gasteiger partial charge in [-0.1, -0.05) is 6.07 Å². The van der Waals surface area contributed by atoms with E-state index in [0.29, 0.717) is 23.6 Å². The Morgan fingerprint density at radius 2 is 1.92 bits per heavy atom. The molecule has 0 aliphatic heterocycles. The van der Waals surface area contributed by atoms with E-state index >= 15 is 0 Å². The fraction of sp³-hybridized carbons (Fsp3) is 0.158. The van der Waals surface area contributed by atoms with Crippen molar-refractivity contribution >= 4 is 28.3 Å². The second kappa shape index (κ2) is 7.09. The Bertz CT molecular complexity index is 979. The normalized spacial score (nSPS) is 10.5. The average Bonchev–Trinajstić information content (AvgIpc) is 2.58. The molecule has 0 saturated heterocycles. The lowest BCUT2D eigenvalue weighted by molar-refractivity contribution is -0.114. The zero-order chi connectivity index (χ0) is 17.8. The Balaban J connectivity index is 1.86. The van der Waals surface area contributed by atoms with Crippen molar-refractivity contribution in [2.75, 3.05) is 17.7 Å². The van der Waals surface area contributed by atoms with Gasteiger partial charge in [0, 0.05) is 42.4 Å². The van der Waals surface area contributed by atoms with Crippen molar-refractivity contribution in [2.45, 2.75) is 13.5 Å². The van der Waals surface area contributed by atoms with Crippen LogP contribution >= 0.6 is 0 Å². The number of hydrogen-bond acceptors (Lipinski definition) is 5. The molecule has 0 spiro atoms. The Hall–Kier alpha value is -3.28. The molecule has 0 bridgehead atoms. The van der Waals surface area contributed by atoms with Gasteiger partial charge in [0.05, 0.1) is 7.11 Å². The van der Waals surface area contributed by atoms with Crippen LogP contribution in [0.25, 0.3) is 11.0 Å². The van der Waals surface area contributed by atoms with Gasteiger partial charge in [-0.15, -0.1) is 0 Å². The molecule has 6 nitrogen and oxygen atoms in total. The first-order valence-electron chi connectivity index (χ1n) is 7.77. The number of carbonyl (C=O) groups excluding carboxylic acids is 1. The molecule has 3 rings (SSSR count). The Kier molecular flexibility index (Phi) is 4.70. The third-order valence-electron chi connectivity index (χ3n) is 3.70. The summed E-state index contributed by atoms with van der Waals surface area (Å²) in [6.45, 7) is 1.90. The van der Waals surface area contributed by atoms with Crippen molar-refractivity contribution in [1.82, 2.24) is 0 Å². The van der Waals surface area contributed by atoms with E-state index < -0.39 is 5.63 Å². The van der Waals surface area contributed by atoms with Crippen molar-refractivity contribution in [3.8, 4) is 5.75 Å². The van der Waals surface area contributed by atoms with Gasteiger partial charge in [-0.25, -0.2) is 4.79 Å². The number of carbonyl (C=O) groups is 1. The average molecular weight is 338 g/mol. The summed E-state index contributed by atoms with van der Waals surface area (Å²) in [4.78, 5) is 23.0. The van der Waals surface area contributed by atoms with Crippen LogP contribution < -0.4 is 21.0 Å². The van der Waals surface area contributed by atoms with E-state index in [9.17, 15) is 9.59 Å². The highest BCUT2D eigenvalue weighted by Crippen LogP contribution is 2.23. The van der Waals surface area contributed by atoms with Gasteiger partial charge in [0.15, 0.2) is 0 Å². The summed E-state index contributed by atoms with van der Waals surface area (Å²) in [6.07, 6.45) is 0. The third kappa shape index (κ3) is 3.98. The first kappa shape index (κ1) is 16.6. The van der Waals surface area contributed by atoms with Crippen molar-refractivity contribution < 1.29 is 13.9 Å². The van der Waals surface area contributed by atoms with Gasteiger partial charge in [-0.2, -0.15) is 0 Å². The maximum Gasteiger partial charge on any atom is 0.336 e. The number of amides is 1. The van der Waals surface area contributed by atoms with E-state index in [0.717, 1.165) is 16.6 Å². The van der Waals surface area contributed by atoms with Gasteiger partial charge in [0.2, 0.25) is 5.91 Å². The largest absolute Gasteiger partial charge is 0.497 e. The van der Waals surface area contributed by atoms with Crippen LogP contribution in [0.4, 0.5) is 11.4 Å². The standard InChI is InChI=1S/C19H18N2O4/c1-12(22)21-15-5-3-4-14(9-15)20-11-13-8-19(23)25-18-10-16(24-2)6-7-17(13)18/h3-10,20H,11H2,1-2H3,(H,21,22). The quantitative estimate of drug-likeness (QED) is 0.697. The van der Waals surface area contributed by atoms with Crippen molar-refractivity contribution in [1.29, 1.82) is 0 Å². The molecule has 6 heteroatoms. The predicted octanol–water partition coefficient (Wildman–Crippen LogP) is 3.37. The molecule has 0 atom stereocenters. The van der Waals surface area contributed by atoms with Crippen LogP contribution in [0.3, 0.4) is 0 Å². The molecular formula is C19H18N2O4. The lowest BCUT2D eigenvalue weighted by Gasteiger charge is -2.11. The summed E-state index contributed by atoms with van der Waals surface area (Å²) in [6, 6.07) is 14.2. The van der Waals surface area contributed by atoms with Gasteiger partial charge < -0.3 is 19.8 Å². The van der Waals surface area contributed by atoms with Gasteiger partial charge in [-0.05, 0) is 35.9 Å². The summed E-state index contributed by atoms with van der Waals surface area (Å²) in [5, 5.41) is 6.84. The molecular weight excluding hydrogens is 320 g/mol. The van der Waals surface area contributed by atoms with E-state index in [1.165, 1.54) is 13.0 Å². The van der Waals surface area contributed by atoms with E-state index in [4.69, 9.17) is 9.15 Å². The predicted molar refractivity (Wildman–Crippen MR) is 97.1 cm³/mol. The molecule has 2 N–H and O–H groups in total. The molecule has 2 aromatic carbocycles. The Morgan fingerprint density at radius 1 is 1.12 bits per heavy atom. The van der Waals surface area contributed by atoms with Gasteiger partial charge in [0.1, 0.15) is 11.3 Å². The summed E-state index contributed by atoms with van der Waals surface area (Å²) in [5.74, 6) is 0.501. The first-order valence-corrected chi connectivity index (χ1v) is 7.77. The molecule has 128 valence electrons. The van der Waals surface area contributed by atoms with Crippen LogP contribution in [0, 0.1) is 0 Å². The lowest BCUT2D eigenvalue weighted by atomic mass is 10.1. The van der Waals surface area contributed by atoms with Crippen LogP contribution in [-0.2, 0) is 11.3 Å². The van der Waals surface area contributed by atoms with Gasteiger partial charge >= 0.3 is 5.63 Å². The number of benzene rings is 2. The van der Waals surface area contributed by atoms with Crippen molar-refractivity contribution in [2.24, 2.45) is 0 Å². The Morgan fingerprint density at radius 3 is 2.68 bits per heavy atom. The fourth-order valence-corrected chi connectivity index (χ4v) is 2.59. The number of anilines is 2. The van der Waals surface area contributed by atoms with Gasteiger partial charge in [-0.3, -0.25) is 4.79 Å². The highest BCUT2D eigenvalue weighted by molar-refractivity contribution is 5.89. The van der Waals surface area contributed by atoms with E-state index in [-0.39, 0.29) is 5.91 Å². The lowest BCUT2D eigenvalue weighted by Crippen LogP contribution is -2.07. The molecule has 0 radical (unpaired) electrons. The number of fused-ring (bicyclic) bond motifs is 1. The maximum absolute atomic E-state index is 11.8. The topological polar surface area (TPSA) is 80.6 Å². The van der Waals surface area contributed by atoms with Crippen LogP contribution in [0.1, 0.15) is 12.5 Å². The Labute approximate surface area is 144 Å². The molecule has 0 saturated carbocycles. The third-order valence-corrected chi connectivity index (χ3v) is 3.70. The number of methoxy groups -OCH3 is 1. The highest BCUT2D eigenvalue weighted by Gasteiger charge is 2.07. The summed E-state index contributed by atoms with van der Waals surface area (Å²) >= 11 is 0. The van der Waals surface area contributed by atoms with Crippen LogP contribution in [0.5, 0.6) is 5.75 Å². The SMILES string of the molecule is COc1ccc2c(CNc3cccc(NC(C)=O)c3)cc(=O)oc2c1. The summed E-state index contributed by atoms with van der Waals surface area (Å²) in [7, 11) is 1.56. The minimum Gasteiger partial charge on any atom is -0.497 e. The molecule has 25 heavy (non-hydrogen) atoms.